The van der Waals surface area contributed by atoms with E-state index in [2.05, 4.69) is 4.74 Å². The van der Waals surface area contributed by atoms with Crippen molar-refractivity contribution in [1.29, 1.82) is 0 Å². The van der Waals surface area contributed by atoms with Crippen LogP contribution in [0.2, 0.25) is 5.02 Å². The molecule has 0 bridgehead atoms. The van der Waals surface area contributed by atoms with Gasteiger partial charge >= 0.3 is 6.36 Å². The number of nitrogens with two attached hydrogens (primary N) is 1. The lowest BCUT2D eigenvalue weighted by Gasteiger charge is -2.14. The largest absolute Gasteiger partial charge is 0.573 e. The first kappa shape index (κ1) is 13.1. The molecule has 1 aromatic rings. The van der Waals surface area contributed by atoms with Gasteiger partial charge in [0.1, 0.15) is 5.75 Å². The maximum absolute atomic E-state index is 12.0. The third-order valence-electron chi connectivity index (χ3n) is 1.81. The van der Waals surface area contributed by atoms with E-state index in [1.807, 2.05) is 0 Å². The summed E-state index contributed by atoms with van der Waals surface area (Å²) in [6.45, 7) is -0.382. The van der Waals surface area contributed by atoms with E-state index < -0.39 is 18.2 Å². The smallest absolute Gasteiger partial charge is 0.404 e. The number of hydrogen-bond acceptors (Lipinski definition) is 3. The highest BCUT2D eigenvalue weighted by Crippen LogP contribution is 2.31. The Balaban J connectivity index is 2.99. The normalized spacial score (nSPS) is 13.6. The van der Waals surface area contributed by atoms with Crippen molar-refractivity contribution in [1.82, 2.24) is 0 Å². The highest BCUT2D eigenvalue weighted by molar-refractivity contribution is 6.32. The summed E-state index contributed by atoms with van der Waals surface area (Å²) in [6.07, 6.45) is -4.81. The third kappa shape index (κ3) is 3.55. The molecule has 0 unspecified atom stereocenters. The Hall–Kier alpha value is -0.980. The average Bonchev–Trinajstić information content (AvgIpc) is 2.18. The molecule has 0 aliphatic rings. The minimum Gasteiger partial charge on any atom is -0.404 e. The van der Waals surface area contributed by atoms with E-state index in [0.29, 0.717) is 5.56 Å². The molecular weight excluding hydrogens is 247 g/mol. The van der Waals surface area contributed by atoms with E-state index in [1.165, 1.54) is 12.1 Å². The van der Waals surface area contributed by atoms with Gasteiger partial charge in [0.15, 0.2) is 0 Å². The molecule has 0 spiro atoms. The van der Waals surface area contributed by atoms with Crippen LogP contribution in [0.4, 0.5) is 13.2 Å². The van der Waals surface area contributed by atoms with Crippen LogP contribution in [0.3, 0.4) is 0 Å². The van der Waals surface area contributed by atoms with Crippen LogP contribution in [0, 0.1) is 0 Å². The molecule has 0 aliphatic carbocycles. The first-order valence-corrected chi connectivity index (χ1v) is 4.63. The molecule has 1 rings (SSSR count). The van der Waals surface area contributed by atoms with Gasteiger partial charge < -0.3 is 15.6 Å². The summed E-state index contributed by atoms with van der Waals surface area (Å²) in [7, 11) is 0. The number of aliphatic hydroxyl groups is 1. The van der Waals surface area contributed by atoms with E-state index in [-0.39, 0.29) is 11.6 Å². The van der Waals surface area contributed by atoms with Gasteiger partial charge in [-0.1, -0.05) is 17.7 Å². The molecule has 0 fully saturated rings. The zero-order valence-electron chi connectivity index (χ0n) is 7.96. The monoisotopic (exact) mass is 255 g/mol. The Kier molecular flexibility index (Phi) is 4.01. The van der Waals surface area contributed by atoms with Gasteiger partial charge in [-0.05, 0) is 17.7 Å². The minimum absolute atomic E-state index is 0.175. The molecule has 0 radical (unpaired) electrons. The van der Waals surface area contributed by atoms with Crippen molar-refractivity contribution in [3.63, 3.8) is 0 Å². The summed E-state index contributed by atoms with van der Waals surface area (Å²) in [5.74, 6) is -0.532. The Bertz CT molecular complexity index is 370. The molecule has 0 aromatic heterocycles. The molecule has 3 nitrogen and oxygen atoms in total. The van der Waals surface area contributed by atoms with Gasteiger partial charge in [-0.15, -0.1) is 13.2 Å². The fraction of sp³-hybridized carbons (Fsp3) is 0.333. The van der Waals surface area contributed by atoms with Crippen LogP contribution >= 0.6 is 11.6 Å². The van der Waals surface area contributed by atoms with Crippen molar-refractivity contribution < 1.29 is 23.0 Å². The predicted molar refractivity (Wildman–Crippen MR) is 52.1 cm³/mol. The Labute approximate surface area is 94.6 Å². The van der Waals surface area contributed by atoms with Crippen molar-refractivity contribution in [3.05, 3.63) is 28.8 Å². The molecule has 7 heteroatoms. The standard InChI is InChI=1S/C9H9ClF3NO2/c10-6-2-1-5(7(14)4-15)3-8(6)16-9(11,12)13/h1-3,7,15H,4,14H2/t7-/m0/s1. The second-order valence-corrected chi connectivity index (χ2v) is 3.43. The number of rotatable bonds is 3. The van der Waals surface area contributed by atoms with Crippen molar-refractivity contribution in [2.45, 2.75) is 12.4 Å². The number of hydrogen-bond donors (Lipinski definition) is 2. The first-order chi connectivity index (χ1) is 7.33. The summed E-state index contributed by atoms with van der Waals surface area (Å²) >= 11 is 5.52. The zero-order valence-corrected chi connectivity index (χ0v) is 8.72. The van der Waals surface area contributed by atoms with Crippen molar-refractivity contribution in [2.75, 3.05) is 6.61 Å². The highest BCUT2D eigenvalue weighted by atomic mass is 35.5. The quantitative estimate of drug-likeness (QED) is 0.871. The maximum atomic E-state index is 12.0. The molecule has 0 saturated carbocycles. The van der Waals surface area contributed by atoms with Crippen LogP contribution in [0.15, 0.2) is 18.2 Å². The summed E-state index contributed by atoms with van der Waals surface area (Å²) in [6, 6.07) is 2.93. The molecule has 1 atom stereocenters. The second-order valence-electron chi connectivity index (χ2n) is 3.03. The number of benzene rings is 1. The van der Waals surface area contributed by atoms with Crippen molar-refractivity contribution >= 4 is 11.6 Å². The first-order valence-electron chi connectivity index (χ1n) is 4.25. The Morgan fingerprint density at radius 3 is 2.56 bits per heavy atom. The fourth-order valence-electron chi connectivity index (χ4n) is 1.06. The Morgan fingerprint density at radius 2 is 2.06 bits per heavy atom. The van der Waals surface area contributed by atoms with Crippen molar-refractivity contribution in [2.24, 2.45) is 5.73 Å². The summed E-state index contributed by atoms with van der Waals surface area (Å²) in [4.78, 5) is 0. The summed E-state index contributed by atoms with van der Waals surface area (Å²) in [5, 5.41) is 8.59. The average molecular weight is 256 g/mol. The molecule has 16 heavy (non-hydrogen) atoms. The van der Waals surface area contributed by atoms with E-state index in [9.17, 15) is 13.2 Å². The maximum Gasteiger partial charge on any atom is 0.573 e. The highest BCUT2D eigenvalue weighted by Gasteiger charge is 2.32. The van der Waals surface area contributed by atoms with E-state index >= 15 is 0 Å². The Morgan fingerprint density at radius 1 is 1.44 bits per heavy atom. The van der Waals surface area contributed by atoms with Crippen LogP contribution in [0.25, 0.3) is 0 Å². The number of alkyl halides is 3. The summed E-state index contributed by atoms with van der Waals surface area (Å²) < 4.78 is 39.6. The van der Waals surface area contributed by atoms with E-state index in [4.69, 9.17) is 22.4 Å². The number of aliphatic hydroxyl groups excluding tert-OH is 1. The SMILES string of the molecule is N[C@@H](CO)c1ccc(Cl)c(OC(F)(F)F)c1. The lowest BCUT2D eigenvalue weighted by Crippen LogP contribution is -2.18. The molecule has 0 saturated heterocycles. The molecule has 90 valence electrons. The zero-order chi connectivity index (χ0) is 12.3. The molecule has 0 aliphatic heterocycles. The molecule has 0 amide bonds. The molecular formula is C9H9ClF3NO2. The molecule has 0 heterocycles. The summed E-state index contributed by atoms with van der Waals surface area (Å²) in [5.41, 5.74) is 5.76. The van der Waals surface area contributed by atoms with Gasteiger partial charge in [-0.3, -0.25) is 0 Å². The minimum atomic E-state index is -4.81. The van der Waals surface area contributed by atoms with Gasteiger partial charge in [0.05, 0.1) is 17.7 Å². The lowest BCUT2D eigenvalue weighted by molar-refractivity contribution is -0.274. The number of ether oxygens (including phenoxy) is 1. The van der Waals surface area contributed by atoms with E-state index in [0.717, 1.165) is 6.07 Å². The van der Waals surface area contributed by atoms with Gasteiger partial charge in [-0.2, -0.15) is 0 Å². The van der Waals surface area contributed by atoms with Crippen LogP contribution in [0.1, 0.15) is 11.6 Å². The predicted octanol–water partition coefficient (Wildman–Crippen LogP) is 2.23. The van der Waals surface area contributed by atoms with Gasteiger partial charge in [0.25, 0.3) is 0 Å². The third-order valence-corrected chi connectivity index (χ3v) is 2.12. The van der Waals surface area contributed by atoms with Gasteiger partial charge in [-0.25, -0.2) is 0 Å². The van der Waals surface area contributed by atoms with Crippen LogP contribution < -0.4 is 10.5 Å². The van der Waals surface area contributed by atoms with Crippen LogP contribution in [-0.2, 0) is 0 Å². The second kappa shape index (κ2) is 4.90. The lowest BCUT2D eigenvalue weighted by atomic mass is 10.1. The van der Waals surface area contributed by atoms with Crippen LogP contribution in [-0.4, -0.2) is 18.1 Å². The van der Waals surface area contributed by atoms with Gasteiger partial charge in [0.2, 0.25) is 0 Å². The van der Waals surface area contributed by atoms with Gasteiger partial charge in [0, 0.05) is 0 Å². The van der Waals surface area contributed by atoms with Crippen LogP contribution in [0.5, 0.6) is 5.75 Å². The topological polar surface area (TPSA) is 55.5 Å². The fourth-order valence-corrected chi connectivity index (χ4v) is 1.22. The van der Waals surface area contributed by atoms with Crippen molar-refractivity contribution in [3.8, 4) is 5.75 Å². The molecule has 3 N–H and O–H groups in total. The number of halogens is 4. The molecule has 1 aromatic carbocycles. The van der Waals surface area contributed by atoms with E-state index in [1.54, 1.807) is 0 Å².